The number of imidazole rings is 1. The first-order valence-corrected chi connectivity index (χ1v) is 7.76. The number of carbonyl (C=O) groups is 1. The van der Waals surface area contributed by atoms with Crippen LogP contribution in [-0.2, 0) is 4.74 Å². The Hall–Kier alpha value is -2.74. The number of hydrogen-bond donors (Lipinski definition) is 0. The zero-order valence-corrected chi connectivity index (χ0v) is 13.5. The van der Waals surface area contributed by atoms with Crippen molar-refractivity contribution in [1.82, 2.24) is 24.5 Å². The predicted molar refractivity (Wildman–Crippen MR) is 83.6 cm³/mol. The zero-order chi connectivity index (χ0) is 16.7. The molecule has 0 spiro atoms. The summed E-state index contributed by atoms with van der Waals surface area (Å²) >= 11 is 0. The van der Waals surface area contributed by atoms with Gasteiger partial charge in [0.05, 0.1) is 19.4 Å². The summed E-state index contributed by atoms with van der Waals surface area (Å²) in [7, 11) is 0. The Labute approximate surface area is 138 Å². The maximum absolute atomic E-state index is 13.1. The molecule has 0 bridgehead atoms. The van der Waals surface area contributed by atoms with Crippen LogP contribution in [0.25, 0.3) is 5.65 Å². The molecule has 0 radical (unpaired) electrons. The fourth-order valence-corrected chi connectivity index (χ4v) is 2.89. The molecule has 1 unspecified atom stereocenters. The highest BCUT2D eigenvalue weighted by Crippen LogP contribution is 2.25. The van der Waals surface area contributed by atoms with Crippen LogP contribution in [0.5, 0.6) is 0 Å². The van der Waals surface area contributed by atoms with Gasteiger partial charge in [-0.05, 0) is 18.6 Å². The van der Waals surface area contributed by atoms with E-state index in [-0.39, 0.29) is 11.9 Å². The second kappa shape index (κ2) is 5.72. The first-order chi connectivity index (χ1) is 11.6. The van der Waals surface area contributed by atoms with Crippen LogP contribution >= 0.6 is 0 Å². The number of hydrogen-bond acceptors (Lipinski definition) is 6. The SMILES string of the molecule is Cc1ccc2ncc(C(=O)N3CCOCC3c3nnc(C)o3)n2c1. The summed E-state index contributed by atoms with van der Waals surface area (Å²) < 4.78 is 12.8. The van der Waals surface area contributed by atoms with Gasteiger partial charge in [0.1, 0.15) is 17.4 Å². The van der Waals surface area contributed by atoms with E-state index in [0.29, 0.717) is 37.2 Å². The van der Waals surface area contributed by atoms with Gasteiger partial charge in [0.2, 0.25) is 11.8 Å². The number of fused-ring (bicyclic) bond motifs is 1. The van der Waals surface area contributed by atoms with E-state index in [1.807, 2.05) is 29.7 Å². The van der Waals surface area contributed by atoms with E-state index in [1.165, 1.54) is 0 Å². The third-order valence-electron chi connectivity index (χ3n) is 4.09. The second-order valence-corrected chi connectivity index (χ2v) is 5.83. The lowest BCUT2D eigenvalue weighted by Crippen LogP contribution is -2.44. The van der Waals surface area contributed by atoms with E-state index in [0.717, 1.165) is 11.2 Å². The van der Waals surface area contributed by atoms with Crippen molar-refractivity contribution in [3.05, 3.63) is 47.6 Å². The molecule has 4 rings (SSSR count). The second-order valence-electron chi connectivity index (χ2n) is 5.83. The molecule has 4 heterocycles. The highest BCUT2D eigenvalue weighted by molar-refractivity contribution is 5.93. The molecule has 1 aliphatic rings. The molecule has 8 heteroatoms. The van der Waals surface area contributed by atoms with Gasteiger partial charge in [-0.15, -0.1) is 10.2 Å². The fourth-order valence-electron chi connectivity index (χ4n) is 2.89. The molecule has 1 aliphatic heterocycles. The first kappa shape index (κ1) is 14.8. The van der Waals surface area contributed by atoms with Gasteiger partial charge in [-0.3, -0.25) is 9.20 Å². The number of amides is 1. The average Bonchev–Trinajstić information content (AvgIpc) is 3.20. The van der Waals surface area contributed by atoms with Gasteiger partial charge >= 0.3 is 0 Å². The monoisotopic (exact) mass is 327 g/mol. The van der Waals surface area contributed by atoms with Gasteiger partial charge in [0.25, 0.3) is 5.91 Å². The molecule has 3 aromatic rings. The summed E-state index contributed by atoms with van der Waals surface area (Å²) in [5, 5.41) is 7.90. The normalized spacial score (nSPS) is 18.2. The smallest absolute Gasteiger partial charge is 0.273 e. The molecule has 8 nitrogen and oxygen atoms in total. The van der Waals surface area contributed by atoms with E-state index < -0.39 is 0 Å². The Bertz CT molecular complexity index is 900. The van der Waals surface area contributed by atoms with Gasteiger partial charge < -0.3 is 14.1 Å². The van der Waals surface area contributed by atoms with E-state index in [1.54, 1.807) is 18.0 Å². The molecular weight excluding hydrogens is 310 g/mol. The number of nitrogens with zero attached hydrogens (tertiary/aromatic N) is 5. The first-order valence-electron chi connectivity index (χ1n) is 7.76. The molecule has 0 N–H and O–H groups in total. The van der Waals surface area contributed by atoms with Crippen molar-refractivity contribution in [2.45, 2.75) is 19.9 Å². The molecule has 24 heavy (non-hydrogen) atoms. The lowest BCUT2D eigenvalue weighted by Gasteiger charge is -2.33. The zero-order valence-electron chi connectivity index (χ0n) is 13.5. The molecule has 124 valence electrons. The quantitative estimate of drug-likeness (QED) is 0.710. The minimum absolute atomic E-state index is 0.128. The molecule has 1 fully saturated rings. The summed E-state index contributed by atoms with van der Waals surface area (Å²) in [6, 6.07) is 3.47. The van der Waals surface area contributed by atoms with E-state index in [2.05, 4.69) is 15.2 Å². The standard InChI is InChI=1S/C16H17N5O3/c1-10-3-4-14-17-7-12(21(14)8-10)16(22)20-5-6-23-9-13(20)15-19-18-11(2)24-15/h3-4,7-8,13H,5-6,9H2,1-2H3. The molecule has 0 saturated carbocycles. The van der Waals surface area contributed by atoms with Crippen LogP contribution in [0.2, 0.25) is 0 Å². The lowest BCUT2D eigenvalue weighted by atomic mass is 10.2. The fraction of sp³-hybridized carbons (Fsp3) is 0.375. The number of pyridine rings is 1. The van der Waals surface area contributed by atoms with Crippen LogP contribution in [0, 0.1) is 13.8 Å². The van der Waals surface area contributed by atoms with E-state index in [4.69, 9.17) is 9.15 Å². The van der Waals surface area contributed by atoms with Gasteiger partial charge in [-0.25, -0.2) is 4.98 Å². The van der Waals surface area contributed by atoms with Crippen molar-refractivity contribution in [2.75, 3.05) is 19.8 Å². The molecule has 3 aromatic heterocycles. The number of carbonyl (C=O) groups excluding carboxylic acids is 1. The third kappa shape index (κ3) is 2.44. The molecule has 1 saturated heterocycles. The van der Waals surface area contributed by atoms with Crippen LogP contribution in [0.1, 0.15) is 33.9 Å². The van der Waals surface area contributed by atoms with Crippen molar-refractivity contribution >= 4 is 11.6 Å². The number of ether oxygens (including phenoxy) is 1. The summed E-state index contributed by atoms with van der Waals surface area (Å²) in [6.45, 7) is 4.98. The maximum atomic E-state index is 13.1. The third-order valence-corrected chi connectivity index (χ3v) is 4.09. The Kier molecular flexibility index (Phi) is 3.53. The summed E-state index contributed by atoms with van der Waals surface area (Å²) in [6.07, 6.45) is 3.50. The molecular formula is C16H17N5O3. The van der Waals surface area contributed by atoms with Gasteiger partial charge in [0, 0.05) is 19.7 Å². The number of rotatable bonds is 2. The lowest BCUT2D eigenvalue weighted by molar-refractivity contribution is -0.0109. The van der Waals surface area contributed by atoms with Gasteiger partial charge in [0.15, 0.2) is 0 Å². The van der Waals surface area contributed by atoms with Crippen molar-refractivity contribution in [2.24, 2.45) is 0 Å². The topological polar surface area (TPSA) is 85.8 Å². The molecule has 1 amide bonds. The Morgan fingerprint density at radius 1 is 1.29 bits per heavy atom. The van der Waals surface area contributed by atoms with E-state index in [9.17, 15) is 4.79 Å². The Morgan fingerprint density at radius 2 is 2.17 bits per heavy atom. The Morgan fingerprint density at radius 3 is 2.96 bits per heavy atom. The summed E-state index contributed by atoms with van der Waals surface area (Å²) in [4.78, 5) is 19.1. The number of aromatic nitrogens is 4. The average molecular weight is 327 g/mol. The van der Waals surface area contributed by atoms with Crippen molar-refractivity contribution in [3.63, 3.8) is 0 Å². The molecule has 0 aliphatic carbocycles. The minimum atomic E-state index is -0.386. The van der Waals surface area contributed by atoms with Crippen LogP contribution in [0.4, 0.5) is 0 Å². The summed E-state index contributed by atoms with van der Waals surface area (Å²) in [5.41, 5.74) is 2.31. The highest BCUT2D eigenvalue weighted by atomic mass is 16.5. The van der Waals surface area contributed by atoms with Crippen molar-refractivity contribution in [3.8, 4) is 0 Å². The van der Waals surface area contributed by atoms with Crippen LogP contribution in [0.15, 0.2) is 28.9 Å². The predicted octanol–water partition coefficient (Wildman–Crippen LogP) is 1.55. The van der Waals surface area contributed by atoms with Crippen molar-refractivity contribution in [1.29, 1.82) is 0 Å². The highest BCUT2D eigenvalue weighted by Gasteiger charge is 2.34. The Balaban J connectivity index is 1.71. The van der Waals surface area contributed by atoms with E-state index >= 15 is 0 Å². The molecule has 1 atom stereocenters. The summed E-state index contributed by atoms with van der Waals surface area (Å²) in [5.74, 6) is 0.733. The number of morpholine rings is 1. The van der Waals surface area contributed by atoms with Crippen LogP contribution < -0.4 is 0 Å². The maximum Gasteiger partial charge on any atom is 0.273 e. The molecule has 0 aromatic carbocycles. The van der Waals surface area contributed by atoms with Crippen LogP contribution in [0.3, 0.4) is 0 Å². The van der Waals surface area contributed by atoms with Gasteiger partial charge in [-0.1, -0.05) is 6.07 Å². The van der Waals surface area contributed by atoms with Gasteiger partial charge in [-0.2, -0.15) is 0 Å². The number of aryl methyl sites for hydroxylation is 2. The van der Waals surface area contributed by atoms with Crippen molar-refractivity contribution < 1.29 is 13.9 Å². The van der Waals surface area contributed by atoms with Crippen LogP contribution in [-0.4, -0.2) is 50.1 Å². The largest absolute Gasteiger partial charge is 0.423 e. The minimum Gasteiger partial charge on any atom is -0.423 e.